The number of amides is 1. The molecule has 1 amide bonds. The van der Waals surface area contributed by atoms with Crippen LogP contribution in [0.1, 0.15) is 26.7 Å². The molecule has 20 heavy (non-hydrogen) atoms. The first kappa shape index (κ1) is 15.1. The summed E-state index contributed by atoms with van der Waals surface area (Å²) in [5, 5.41) is 3.31. The van der Waals surface area contributed by atoms with Crippen LogP contribution in [0, 0.1) is 11.8 Å². The van der Waals surface area contributed by atoms with Gasteiger partial charge in [0.2, 0.25) is 5.91 Å². The van der Waals surface area contributed by atoms with Crippen molar-refractivity contribution in [2.45, 2.75) is 32.7 Å². The van der Waals surface area contributed by atoms with Gasteiger partial charge in [-0.05, 0) is 59.7 Å². The van der Waals surface area contributed by atoms with E-state index in [9.17, 15) is 4.79 Å². The van der Waals surface area contributed by atoms with Gasteiger partial charge >= 0.3 is 0 Å². The maximum atomic E-state index is 11.9. The van der Waals surface area contributed by atoms with Gasteiger partial charge in [0.15, 0.2) is 0 Å². The highest BCUT2D eigenvalue weighted by molar-refractivity contribution is 9.10. The highest BCUT2D eigenvalue weighted by Crippen LogP contribution is 2.32. The molecule has 0 bridgehead atoms. The van der Waals surface area contributed by atoms with Crippen LogP contribution in [-0.4, -0.2) is 11.9 Å². The molecule has 0 radical (unpaired) electrons. The third-order valence-electron chi connectivity index (χ3n) is 3.79. The van der Waals surface area contributed by atoms with E-state index in [0.717, 1.165) is 23.0 Å². The van der Waals surface area contributed by atoms with Crippen molar-refractivity contribution in [3.63, 3.8) is 0 Å². The van der Waals surface area contributed by atoms with E-state index in [-0.39, 0.29) is 17.9 Å². The molecule has 1 aromatic carbocycles. The Balaban J connectivity index is 2.18. The number of benzene rings is 1. The Bertz CT molecular complexity index is 527. The zero-order valence-corrected chi connectivity index (χ0v) is 13.5. The van der Waals surface area contributed by atoms with Crippen LogP contribution in [-0.2, 0) is 4.79 Å². The van der Waals surface area contributed by atoms with Crippen LogP contribution in [0.3, 0.4) is 0 Å². The molecule has 3 atom stereocenters. The van der Waals surface area contributed by atoms with Gasteiger partial charge in [-0.25, -0.2) is 0 Å². The van der Waals surface area contributed by atoms with Gasteiger partial charge in [-0.1, -0.05) is 30.7 Å². The number of allylic oxidation sites excluding steroid dienone is 2. The molecule has 108 valence electrons. The lowest BCUT2D eigenvalue weighted by molar-refractivity contribution is -0.119. The standard InChI is InChI=1S/C16H21BrN2O/c1-10-7-11(2)9-12(8-10)15(16(18)20)19-14-6-4-3-5-13(14)17/h3-7,10,12,15,19H,8-9H2,1-2H3,(H2,18,20). The summed E-state index contributed by atoms with van der Waals surface area (Å²) in [7, 11) is 0. The summed E-state index contributed by atoms with van der Waals surface area (Å²) in [5.74, 6) is 0.462. The third kappa shape index (κ3) is 3.63. The lowest BCUT2D eigenvalue weighted by atomic mass is 9.79. The van der Waals surface area contributed by atoms with E-state index in [2.05, 4.69) is 41.2 Å². The maximum absolute atomic E-state index is 11.9. The number of nitrogens with two attached hydrogens (primary N) is 1. The summed E-state index contributed by atoms with van der Waals surface area (Å²) in [6.45, 7) is 4.31. The van der Waals surface area contributed by atoms with Crippen LogP contribution in [0.25, 0.3) is 0 Å². The lowest BCUT2D eigenvalue weighted by Gasteiger charge is -2.32. The Kier molecular flexibility index (Phi) is 4.86. The van der Waals surface area contributed by atoms with Crippen LogP contribution in [0.15, 0.2) is 40.4 Å². The number of anilines is 1. The van der Waals surface area contributed by atoms with Crippen LogP contribution in [0.5, 0.6) is 0 Å². The molecule has 0 aromatic heterocycles. The summed E-state index contributed by atoms with van der Waals surface area (Å²) in [6.07, 6.45) is 4.20. The second-order valence-electron chi connectivity index (χ2n) is 5.69. The van der Waals surface area contributed by atoms with E-state index < -0.39 is 0 Å². The zero-order valence-electron chi connectivity index (χ0n) is 11.9. The van der Waals surface area contributed by atoms with E-state index in [0.29, 0.717) is 5.92 Å². The average molecular weight is 337 g/mol. The van der Waals surface area contributed by atoms with Crippen molar-refractivity contribution in [1.82, 2.24) is 0 Å². The normalized spacial score (nSPS) is 23.9. The number of nitrogens with one attached hydrogen (secondary N) is 1. The minimum atomic E-state index is -0.334. The Morgan fingerprint density at radius 3 is 2.75 bits per heavy atom. The van der Waals surface area contributed by atoms with E-state index in [1.807, 2.05) is 24.3 Å². The maximum Gasteiger partial charge on any atom is 0.240 e. The highest BCUT2D eigenvalue weighted by Gasteiger charge is 2.30. The molecule has 0 spiro atoms. The first-order chi connectivity index (χ1) is 9.47. The van der Waals surface area contributed by atoms with Gasteiger partial charge in [-0.2, -0.15) is 0 Å². The van der Waals surface area contributed by atoms with Gasteiger partial charge < -0.3 is 11.1 Å². The minimum absolute atomic E-state index is 0.250. The van der Waals surface area contributed by atoms with E-state index >= 15 is 0 Å². The molecule has 0 heterocycles. The Morgan fingerprint density at radius 1 is 1.45 bits per heavy atom. The van der Waals surface area contributed by atoms with Crippen LogP contribution in [0.4, 0.5) is 5.69 Å². The second kappa shape index (κ2) is 6.44. The SMILES string of the molecule is CC1=CC(C)CC(C(Nc2ccccc2Br)C(N)=O)C1. The summed E-state index contributed by atoms with van der Waals surface area (Å²) in [5.41, 5.74) is 7.87. The summed E-state index contributed by atoms with van der Waals surface area (Å²) < 4.78 is 0.947. The molecule has 1 aromatic rings. The Labute approximate surface area is 128 Å². The van der Waals surface area contributed by atoms with Gasteiger partial charge in [-0.3, -0.25) is 4.79 Å². The topological polar surface area (TPSA) is 55.1 Å². The fourth-order valence-corrected chi connectivity index (χ4v) is 3.42. The van der Waals surface area contributed by atoms with Gasteiger partial charge in [0.1, 0.15) is 6.04 Å². The fourth-order valence-electron chi connectivity index (χ4n) is 3.02. The monoisotopic (exact) mass is 336 g/mol. The molecule has 3 nitrogen and oxygen atoms in total. The van der Waals surface area contributed by atoms with Gasteiger partial charge in [0, 0.05) is 10.2 Å². The molecule has 1 aliphatic rings. The first-order valence-electron chi connectivity index (χ1n) is 6.95. The predicted octanol–water partition coefficient (Wildman–Crippen LogP) is 3.71. The number of hydrogen-bond acceptors (Lipinski definition) is 2. The van der Waals surface area contributed by atoms with Crippen LogP contribution in [0.2, 0.25) is 0 Å². The van der Waals surface area contributed by atoms with Crippen molar-refractivity contribution in [1.29, 1.82) is 0 Å². The molecular weight excluding hydrogens is 316 g/mol. The number of primary amides is 1. The molecule has 4 heteroatoms. The molecule has 0 fully saturated rings. The van der Waals surface area contributed by atoms with E-state index in [4.69, 9.17) is 5.73 Å². The van der Waals surface area contributed by atoms with Crippen molar-refractivity contribution < 1.29 is 4.79 Å². The average Bonchev–Trinajstić information content (AvgIpc) is 2.36. The van der Waals surface area contributed by atoms with Crippen molar-refractivity contribution in [2.24, 2.45) is 17.6 Å². The minimum Gasteiger partial charge on any atom is -0.373 e. The molecule has 0 aliphatic heterocycles. The van der Waals surface area contributed by atoms with Crippen molar-refractivity contribution >= 4 is 27.5 Å². The number of rotatable bonds is 4. The summed E-state index contributed by atoms with van der Waals surface area (Å²) in [6, 6.07) is 7.47. The molecule has 1 aliphatic carbocycles. The molecular formula is C16H21BrN2O. The quantitative estimate of drug-likeness (QED) is 0.823. The van der Waals surface area contributed by atoms with Crippen LogP contribution >= 0.6 is 15.9 Å². The molecule has 0 saturated carbocycles. The van der Waals surface area contributed by atoms with Crippen molar-refractivity contribution in [3.8, 4) is 0 Å². The number of carbonyl (C=O) groups is 1. The number of carbonyl (C=O) groups excluding carboxylic acids is 1. The summed E-state index contributed by atoms with van der Waals surface area (Å²) >= 11 is 3.50. The Hall–Kier alpha value is -1.29. The largest absolute Gasteiger partial charge is 0.373 e. The Morgan fingerprint density at radius 2 is 2.15 bits per heavy atom. The highest BCUT2D eigenvalue weighted by atomic mass is 79.9. The molecule has 2 rings (SSSR count). The van der Waals surface area contributed by atoms with E-state index in [1.165, 1.54) is 5.57 Å². The zero-order chi connectivity index (χ0) is 14.7. The third-order valence-corrected chi connectivity index (χ3v) is 4.48. The number of halogens is 1. The molecule has 0 saturated heterocycles. The fraction of sp³-hybridized carbons (Fsp3) is 0.438. The number of hydrogen-bond donors (Lipinski definition) is 2. The van der Waals surface area contributed by atoms with Gasteiger partial charge in [0.05, 0.1) is 0 Å². The number of para-hydroxylation sites is 1. The second-order valence-corrected chi connectivity index (χ2v) is 6.55. The van der Waals surface area contributed by atoms with Gasteiger partial charge in [-0.15, -0.1) is 0 Å². The van der Waals surface area contributed by atoms with Crippen LogP contribution < -0.4 is 11.1 Å². The van der Waals surface area contributed by atoms with Gasteiger partial charge in [0.25, 0.3) is 0 Å². The van der Waals surface area contributed by atoms with E-state index in [1.54, 1.807) is 0 Å². The lowest BCUT2D eigenvalue weighted by Crippen LogP contribution is -2.43. The van der Waals surface area contributed by atoms with Crippen molar-refractivity contribution in [2.75, 3.05) is 5.32 Å². The predicted molar refractivity (Wildman–Crippen MR) is 86.4 cm³/mol. The summed E-state index contributed by atoms with van der Waals surface area (Å²) in [4.78, 5) is 11.9. The molecule has 3 unspecified atom stereocenters. The smallest absolute Gasteiger partial charge is 0.240 e. The first-order valence-corrected chi connectivity index (χ1v) is 7.74. The molecule has 3 N–H and O–H groups in total. The van der Waals surface area contributed by atoms with Crippen molar-refractivity contribution in [3.05, 3.63) is 40.4 Å².